The average Bonchev–Trinajstić information content (AvgIpc) is 2.22. The summed E-state index contributed by atoms with van der Waals surface area (Å²) in [5.74, 6) is -2.39. The average molecular weight is 252 g/mol. The van der Waals surface area contributed by atoms with Crippen LogP contribution in [0.15, 0.2) is 11.6 Å². The Labute approximate surface area is 97.3 Å². The van der Waals surface area contributed by atoms with Crippen molar-refractivity contribution in [1.82, 2.24) is 10.6 Å². The minimum absolute atomic E-state index is 0.0475. The first-order chi connectivity index (χ1) is 7.77. The van der Waals surface area contributed by atoms with Gasteiger partial charge in [-0.2, -0.15) is 13.2 Å². The summed E-state index contributed by atoms with van der Waals surface area (Å²) in [6, 6.07) is 0. The van der Waals surface area contributed by atoms with Crippen molar-refractivity contribution >= 4 is 11.8 Å². The third-order valence-electron chi connectivity index (χ3n) is 1.90. The van der Waals surface area contributed by atoms with Crippen LogP contribution < -0.4 is 10.6 Å². The molecule has 4 nitrogen and oxygen atoms in total. The molecule has 17 heavy (non-hydrogen) atoms. The van der Waals surface area contributed by atoms with Gasteiger partial charge in [-0.15, -0.1) is 0 Å². The van der Waals surface area contributed by atoms with Crippen molar-refractivity contribution in [2.75, 3.05) is 13.1 Å². The Morgan fingerprint density at radius 1 is 1.18 bits per heavy atom. The minimum atomic E-state index is -4.89. The highest BCUT2D eigenvalue weighted by atomic mass is 19.4. The zero-order valence-corrected chi connectivity index (χ0v) is 9.65. The van der Waals surface area contributed by atoms with Gasteiger partial charge in [-0.25, -0.2) is 0 Å². The maximum Gasteiger partial charge on any atom is 0.471 e. The van der Waals surface area contributed by atoms with E-state index in [0.29, 0.717) is 0 Å². The third-order valence-corrected chi connectivity index (χ3v) is 1.90. The highest BCUT2D eigenvalue weighted by molar-refractivity contribution is 5.88. The smallest absolute Gasteiger partial charge is 0.351 e. The highest BCUT2D eigenvalue weighted by Gasteiger charge is 2.38. The summed E-state index contributed by atoms with van der Waals surface area (Å²) in [5, 5.41) is 4.00. The molecule has 0 saturated carbocycles. The van der Waals surface area contributed by atoms with Crippen LogP contribution in [0.4, 0.5) is 13.2 Å². The van der Waals surface area contributed by atoms with Gasteiger partial charge in [0.05, 0.1) is 0 Å². The molecule has 0 spiro atoms. The molecule has 0 fully saturated rings. The maximum absolute atomic E-state index is 11.7. The molecule has 0 aromatic heterocycles. The van der Waals surface area contributed by atoms with E-state index in [2.05, 4.69) is 5.32 Å². The number of alkyl halides is 3. The molecule has 0 saturated heterocycles. The number of nitrogens with one attached hydrogen (secondary N) is 2. The van der Waals surface area contributed by atoms with Crippen LogP contribution in [0, 0.1) is 0 Å². The van der Waals surface area contributed by atoms with Gasteiger partial charge in [-0.3, -0.25) is 9.59 Å². The first-order valence-electron chi connectivity index (χ1n) is 5.07. The molecule has 98 valence electrons. The molecular weight excluding hydrogens is 237 g/mol. The summed E-state index contributed by atoms with van der Waals surface area (Å²) in [6.45, 7) is 3.34. The van der Waals surface area contributed by atoms with Crippen LogP contribution in [-0.4, -0.2) is 31.1 Å². The van der Waals surface area contributed by atoms with Gasteiger partial charge >= 0.3 is 12.1 Å². The predicted octanol–water partition coefficient (Wildman–Crippen LogP) is 1.14. The van der Waals surface area contributed by atoms with Gasteiger partial charge in [-0.1, -0.05) is 12.5 Å². The molecule has 0 aromatic carbocycles. The van der Waals surface area contributed by atoms with E-state index in [1.165, 1.54) is 6.08 Å². The van der Waals surface area contributed by atoms with Gasteiger partial charge in [-0.05, 0) is 13.3 Å². The van der Waals surface area contributed by atoms with E-state index < -0.39 is 12.1 Å². The fourth-order valence-electron chi connectivity index (χ4n) is 0.839. The summed E-state index contributed by atoms with van der Waals surface area (Å²) in [5.41, 5.74) is 0.863. The van der Waals surface area contributed by atoms with Crippen molar-refractivity contribution in [2.45, 2.75) is 26.4 Å². The fraction of sp³-hybridized carbons (Fsp3) is 0.600. The molecule has 2 amide bonds. The number of carbonyl (C=O) groups is 2. The second kappa shape index (κ2) is 6.93. The second-order valence-electron chi connectivity index (χ2n) is 3.39. The maximum atomic E-state index is 11.7. The zero-order valence-electron chi connectivity index (χ0n) is 9.65. The predicted molar refractivity (Wildman–Crippen MR) is 56.1 cm³/mol. The molecule has 0 aromatic rings. The van der Waals surface area contributed by atoms with Crippen molar-refractivity contribution < 1.29 is 22.8 Å². The molecule has 0 unspecified atom stereocenters. The summed E-state index contributed by atoms with van der Waals surface area (Å²) in [7, 11) is 0. The van der Waals surface area contributed by atoms with Gasteiger partial charge in [0, 0.05) is 19.2 Å². The highest BCUT2D eigenvalue weighted by Crippen LogP contribution is 2.13. The third kappa shape index (κ3) is 7.37. The van der Waals surface area contributed by atoms with Crippen LogP contribution in [0.1, 0.15) is 20.3 Å². The van der Waals surface area contributed by atoms with Crippen LogP contribution in [0.2, 0.25) is 0 Å². The largest absolute Gasteiger partial charge is 0.471 e. The molecule has 0 bridgehead atoms. The van der Waals surface area contributed by atoms with Gasteiger partial charge < -0.3 is 10.6 Å². The van der Waals surface area contributed by atoms with E-state index in [1.807, 2.05) is 6.92 Å². The molecule has 0 atom stereocenters. The molecule has 0 aliphatic heterocycles. The van der Waals surface area contributed by atoms with Crippen molar-refractivity contribution in [3.8, 4) is 0 Å². The summed E-state index contributed by atoms with van der Waals surface area (Å²) < 4.78 is 35.2. The topological polar surface area (TPSA) is 58.2 Å². The molecule has 0 radical (unpaired) electrons. The summed E-state index contributed by atoms with van der Waals surface area (Å²) in [6.07, 6.45) is -2.80. The summed E-state index contributed by atoms with van der Waals surface area (Å²) in [4.78, 5) is 21.5. The first kappa shape index (κ1) is 15.5. The Morgan fingerprint density at radius 3 is 2.18 bits per heavy atom. The number of halogens is 3. The van der Waals surface area contributed by atoms with Crippen molar-refractivity contribution in [1.29, 1.82) is 0 Å². The lowest BCUT2D eigenvalue weighted by Gasteiger charge is -2.08. The van der Waals surface area contributed by atoms with Crippen molar-refractivity contribution in [3.63, 3.8) is 0 Å². The van der Waals surface area contributed by atoms with Crippen molar-refractivity contribution in [3.05, 3.63) is 11.6 Å². The van der Waals surface area contributed by atoms with Crippen molar-refractivity contribution in [2.24, 2.45) is 0 Å². The van der Waals surface area contributed by atoms with E-state index in [9.17, 15) is 22.8 Å². The van der Waals surface area contributed by atoms with Crippen LogP contribution >= 0.6 is 0 Å². The lowest BCUT2D eigenvalue weighted by Crippen LogP contribution is -2.41. The van der Waals surface area contributed by atoms with Crippen LogP contribution in [0.25, 0.3) is 0 Å². The molecule has 0 aliphatic carbocycles. The molecule has 0 rings (SSSR count). The monoisotopic (exact) mass is 252 g/mol. The van der Waals surface area contributed by atoms with E-state index in [0.717, 1.165) is 12.0 Å². The Bertz CT molecular complexity index is 311. The lowest BCUT2D eigenvalue weighted by atomic mass is 10.2. The number of allylic oxidation sites excluding steroid dienone is 1. The Balaban J connectivity index is 3.80. The number of rotatable bonds is 5. The molecule has 0 aliphatic rings. The van der Waals surface area contributed by atoms with Gasteiger partial charge in [0.15, 0.2) is 0 Å². The molecular formula is C10H15F3N2O2. The fourth-order valence-corrected chi connectivity index (χ4v) is 0.839. The number of hydrogen-bond acceptors (Lipinski definition) is 2. The van der Waals surface area contributed by atoms with Gasteiger partial charge in [0.1, 0.15) is 0 Å². The summed E-state index contributed by atoms with van der Waals surface area (Å²) >= 11 is 0. The van der Waals surface area contributed by atoms with Gasteiger partial charge in [0.2, 0.25) is 5.91 Å². The minimum Gasteiger partial charge on any atom is -0.351 e. The standard InChI is InChI=1S/C10H15F3N2O2/c1-3-7(2)6-8(16)14-4-5-15-9(17)10(11,12)13/h6H,3-5H2,1-2H3,(H,14,16)(H,15,17)/b7-6+. The zero-order chi connectivity index (χ0) is 13.5. The molecule has 0 heterocycles. The molecule has 2 N–H and O–H groups in total. The van der Waals surface area contributed by atoms with Crippen LogP contribution in [-0.2, 0) is 9.59 Å². The number of amides is 2. The van der Waals surface area contributed by atoms with E-state index in [4.69, 9.17) is 0 Å². The van der Waals surface area contributed by atoms with Crippen LogP contribution in [0.3, 0.4) is 0 Å². The normalized spacial score (nSPS) is 12.2. The van der Waals surface area contributed by atoms with E-state index in [-0.39, 0.29) is 19.0 Å². The van der Waals surface area contributed by atoms with Gasteiger partial charge in [0.25, 0.3) is 0 Å². The Morgan fingerprint density at radius 2 is 1.71 bits per heavy atom. The van der Waals surface area contributed by atoms with E-state index in [1.54, 1.807) is 12.2 Å². The quantitative estimate of drug-likeness (QED) is 0.569. The first-order valence-corrected chi connectivity index (χ1v) is 5.07. The van der Waals surface area contributed by atoms with Crippen LogP contribution in [0.5, 0.6) is 0 Å². The lowest BCUT2D eigenvalue weighted by molar-refractivity contribution is -0.173. The second-order valence-corrected chi connectivity index (χ2v) is 3.39. The number of carbonyl (C=O) groups excluding carboxylic acids is 2. The van der Waals surface area contributed by atoms with E-state index >= 15 is 0 Å². The Kier molecular flexibility index (Phi) is 6.30. The number of hydrogen-bond donors (Lipinski definition) is 2. The molecule has 7 heteroatoms. The SMILES string of the molecule is CC/C(C)=C/C(=O)NCCNC(=O)C(F)(F)F. The Hall–Kier alpha value is -1.53.